The molecule has 3 heterocycles. The van der Waals surface area contributed by atoms with Gasteiger partial charge in [0.25, 0.3) is 5.91 Å². The van der Waals surface area contributed by atoms with Crippen molar-refractivity contribution in [3.63, 3.8) is 0 Å². The number of carbonyl (C=O) groups is 2. The van der Waals surface area contributed by atoms with Gasteiger partial charge in [0.2, 0.25) is 0 Å². The van der Waals surface area contributed by atoms with Gasteiger partial charge in [-0.25, -0.2) is 9.18 Å². The van der Waals surface area contributed by atoms with Gasteiger partial charge in [0.1, 0.15) is 11.4 Å². The molecule has 2 aliphatic heterocycles. The van der Waals surface area contributed by atoms with Gasteiger partial charge >= 0.3 is 6.09 Å². The smallest absolute Gasteiger partial charge is 0.407 e. The van der Waals surface area contributed by atoms with Gasteiger partial charge in [-0.15, -0.1) is 0 Å². The largest absolute Gasteiger partial charge is 0.465 e. The standard InChI is InChI=1S/C21H22FIN4O4/c22-15-9-13(23)4-5-16(15)25-17-10-24-7-6-14(17)19(28)26-11-21(31,12-26)18-3-1-2-8-27(18)20(29)30/h4-7,9-10,18,25,31H,1-3,8,11-12H2,(H,29,30)/t18-/m0/s1. The molecule has 31 heavy (non-hydrogen) atoms. The molecule has 0 radical (unpaired) electrons. The second-order valence-corrected chi connectivity index (χ2v) is 9.17. The molecule has 1 aromatic carbocycles. The summed E-state index contributed by atoms with van der Waals surface area (Å²) in [6, 6.07) is 5.73. The van der Waals surface area contributed by atoms with E-state index in [1.807, 2.05) is 22.6 Å². The van der Waals surface area contributed by atoms with Gasteiger partial charge < -0.3 is 25.3 Å². The van der Waals surface area contributed by atoms with E-state index in [0.717, 1.165) is 16.4 Å². The number of piperidine rings is 1. The minimum Gasteiger partial charge on any atom is -0.465 e. The molecule has 1 atom stereocenters. The van der Waals surface area contributed by atoms with Crippen LogP contribution in [-0.4, -0.2) is 68.3 Å². The fourth-order valence-electron chi connectivity index (χ4n) is 4.28. The first-order valence-electron chi connectivity index (χ1n) is 9.96. The Balaban J connectivity index is 1.49. The molecule has 2 fully saturated rings. The van der Waals surface area contributed by atoms with E-state index in [1.54, 1.807) is 12.1 Å². The van der Waals surface area contributed by atoms with E-state index in [-0.39, 0.29) is 24.7 Å². The number of halogens is 2. The predicted octanol–water partition coefficient (Wildman–Crippen LogP) is 3.29. The Labute approximate surface area is 192 Å². The second-order valence-electron chi connectivity index (χ2n) is 7.92. The fraction of sp³-hybridized carbons (Fsp3) is 0.381. The number of aliphatic hydroxyl groups is 1. The van der Waals surface area contributed by atoms with Crippen molar-refractivity contribution in [3.8, 4) is 0 Å². The summed E-state index contributed by atoms with van der Waals surface area (Å²) in [5, 5.41) is 23.4. The van der Waals surface area contributed by atoms with Crippen molar-refractivity contribution >= 4 is 46.0 Å². The van der Waals surface area contributed by atoms with Crippen LogP contribution in [0.4, 0.5) is 20.6 Å². The van der Waals surface area contributed by atoms with Crippen molar-refractivity contribution < 1.29 is 24.2 Å². The molecule has 2 saturated heterocycles. The number of pyridine rings is 1. The van der Waals surface area contributed by atoms with Crippen LogP contribution < -0.4 is 5.32 Å². The van der Waals surface area contributed by atoms with Gasteiger partial charge in [-0.2, -0.15) is 0 Å². The molecule has 1 aromatic heterocycles. The number of hydrogen-bond donors (Lipinski definition) is 3. The molecule has 0 saturated carbocycles. The lowest BCUT2D eigenvalue weighted by atomic mass is 9.80. The van der Waals surface area contributed by atoms with Gasteiger partial charge in [0.15, 0.2) is 0 Å². The van der Waals surface area contributed by atoms with E-state index in [9.17, 15) is 24.2 Å². The molecule has 8 nitrogen and oxygen atoms in total. The van der Waals surface area contributed by atoms with E-state index in [0.29, 0.717) is 24.2 Å². The Kier molecular flexibility index (Phi) is 6.02. The number of amides is 2. The highest BCUT2D eigenvalue weighted by Crippen LogP contribution is 2.35. The molecule has 164 valence electrons. The summed E-state index contributed by atoms with van der Waals surface area (Å²) in [6.45, 7) is 0.468. The van der Waals surface area contributed by atoms with E-state index >= 15 is 0 Å². The molecule has 3 N–H and O–H groups in total. The average Bonchev–Trinajstić information content (AvgIpc) is 2.73. The van der Waals surface area contributed by atoms with E-state index in [1.165, 1.54) is 34.3 Å². The van der Waals surface area contributed by atoms with Crippen LogP contribution in [0.1, 0.15) is 29.6 Å². The highest BCUT2D eigenvalue weighted by atomic mass is 127. The summed E-state index contributed by atoms with van der Waals surface area (Å²) in [4.78, 5) is 31.4. The molecule has 10 heteroatoms. The topological polar surface area (TPSA) is 106 Å². The number of β-amino-alcohol motifs (C(OH)–C–C–N with tert-alkyl or cyclic N) is 1. The lowest BCUT2D eigenvalue weighted by Crippen LogP contribution is -2.72. The highest BCUT2D eigenvalue weighted by molar-refractivity contribution is 14.1. The number of nitrogens with zero attached hydrogens (tertiary/aromatic N) is 3. The van der Waals surface area contributed by atoms with Gasteiger partial charge in [-0.3, -0.25) is 9.78 Å². The molecular weight excluding hydrogens is 518 g/mol. The van der Waals surface area contributed by atoms with Crippen molar-refractivity contribution in [2.24, 2.45) is 0 Å². The zero-order chi connectivity index (χ0) is 22.2. The summed E-state index contributed by atoms with van der Waals surface area (Å²) in [5.74, 6) is -0.781. The first-order valence-corrected chi connectivity index (χ1v) is 11.0. The maximum absolute atomic E-state index is 14.2. The number of carboxylic acid groups (broad SMARTS) is 1. The molecule has 2 amide bonds. The van der Waals surface area contributed by atoms with Crippen LogP contribution in [0.3, 0.4) is 0 Å². The van der Waals surface area contributed by atoms with Crippen LogP contribution in [0.5, 0.6) is 0 Å². The summed E-state index contributed by atoms with van der Waals surface area (Å²) in [6.07, 6.45) is 4.04. The highest BCUT2D eigenvalue weighted by Gasteiger charge is 2.53. The number of nitrogens with one attached hydrogen (secondary N) is 1. The van der Waals surface area contributed by atoms with Crippen LogP contribution in [0, 0.1) is 9.39 Å². The zero-order valence-electron chi connectivity index (χ0n) is 16.6. The minimum atomic E-state index is -1.27. The summed E-state index contributed by atoms with van der Waals surface area (Å²) >= 11 is 2.01. The average molecular weight is 540 g/mol. The number of anilines is 2. The molecule has 4 rings (SSSR count). The van der Waals surface area contributed by atoms with Gasteiger partial charge in [0, 0.05) is 16.3 Å². The predicted molar refractivity (Wildman–Crippen MR) is 120 cm³/mol. The zero-order valence-corrected chi connectivity index (χ0v) is 18.8. The Bertz CT molecular complexity index is 1010. The van der Waals surface area contributed by atoms with E-state index in [4.69, 9.17) is 0 Å². The number of benzene rings is 1. The number of carbonyl (C=O) groups excluding carboxylic acids is 1. The van der Waals surface area contributed by atoms with E-state index in [2.05, 4.69) is 10.3 Å². The van der Waals surface area contributed by atoms with Crippen molar-refractivity contribution in [3.05, 3.63) is 51.6 Å². The van der Waals surface area contributed by atoms with Crippen molar-refractivity contribution in [1.82, 2.24) is 14.8 Å². The molecule has 2 aromatic rings. The van der Waals surface area contributed by atoms with Gasteiger partial charge in [0.05, 0.1) is 42.3 Å². The first-order chi connectivity index (χ1) is 14.8. The lowest BCUT2D eigenvalue weighted by Gasteiger charge is -2.54. The Morgan fingerprint density at radius 1 is 1.23 bits per heavy atom. The molecule has 0 bridgehead atoms. The number of rotatable bonds is 4. The summed E-state index contributed by atoms with van der Waals surface area (Å²) in [7, 11) is 0. The maximum atomic E-state index is 14.2. The summed E-state index contributed by atoms with van der Waals surface area (Å²) in [5.41, 5.74) is -0.388. The normalized spacial score (nSPS) is 20.2. The quantitative estimate of drug-likeness (QED) is 0.515. The molecule has 2 aliphatic rings. The van der Waals surface area contributed by atoms with Gasteiger partial charge in [-0.1, -0.05) is 0 Å². The third-order valence-corrected chi connectivity index (χ3v) is 6.51. The summed E-state index contributed by atoms with van der Waals surface area (Å²) < 4.78 is 15.0. The van der Waals surface area contributed by atoms with Gasteiger partial charge in [-0.05, 0) is 66.1 Å². The minimum absolute atomic E-state index is 0.0416. The van der Waals surface area contributed by atoms with Crippen molar-refractivity contribution in [2.45, 2.75) is 30.9 Å². The second kappa shape index (κ2) is 8.58. The van der Waals surface area contributed by atoms with Crippen molar-refractivity contribution in [1.29, 1.82) is 0 Å². The van der Waals surface area contributed by atoms with Crippen LogP contribution in [0.15, 0.2) is 36.7 Å². The Morgan fingerprint density at radius 3 is 2.71 bits per heavy atom. The van der Waals surface area contributed by atoms with Crippen LogP contribution >= 0.6 is 22.6 Å². The molecular formula is C21H22FIN4O4. The number of hydrogen-bond acceptors (Lipinski definition) is 5. The number of likely N-dealkylation sites (tertiary alicyclic amines) is 2. The molecule has 0 spiro atoms. The van der Waals surface area contributed by atoms with Crippen LogP contribution in [-0.2, 0) is 0 Å². The monoisotopic (exact) mass is 540 g/mol. The number of aromatic nitrogens is 1. The Morgan fingerprint density at radius 2 is 2.00 bits per heavy atom. The lowest BCUT2D eigenvalue weighted by molar-refractivity contribution is -0.133. The van der Waals surface area contributed by atoms with E-state index < -0.39 is 23.6 Å². The molecule has 0 aliphatic carbocycles. The Hall–Kier alpha value is -2.47. The molecule has 0 unspecified atom stereocenters. The first kappa shape index (κ1) is 21.8. The van der Waals surface area contributed by atoms with Crippen LogP contribution in [0.2, 0.25) is 0 Å². The third kappa shape index (κ3) is 4.31. The third-order valence-electron chi connectivity index (χ3n) is 5.84. The fourth-order valence-corrected chi connectivity index (χ4v) is 4.73. The van der Waals surface area contributed by atoms with Crippen LogP contribution in [0.25, 0.3) is 0 Å². The van der Waals surface area contributed by atoms with Crippen molar-refractivity contribution in [2.75, 3.05) is 25.0 Å². The SMILES string of the molecule is O=C(c1ccncc1Nc1ccc(I)cc1F)N1CC(O)([C@@H]2CCCCN2C(=O)O)C1. The maximum Gasteiger partial charge on any atom is 0.407 e.